The number of nitrogens with one attached hydrogen (secondary N) is 3. The van der Waals surface area contributed by atoms with Crippen LogP contribution in [0, 0.1) is 10.8 Å². The lowest BCUT2D eigenvalue weighted by Gasteiger charge is -2.18. The molecule has 0 unspecified atom stereocenters. The number of pyridine rings is 2. The fourth-order valence-electron chi connectivity index (χ4n) is 1.80. The van der Waals surface area contributed by atoms with Gasteiger partial charge < -0.3 is 16.0 Å². The molecule has 0 atom stereocenters. The van der Waals surface area contributed by atoms with Crippen LogP contribution in [-0.4, -0.2) is 28.6 Å². The van der Waals surface area contributed by atoms with Crippen LogP contribution >= 0.6 is 0 Å². The maximum atomic E-state index is 12.3. The first kappa shape index (κ1) is 16.6. The highest BCUT2D eigenvalue weighted by Gasteiger charge is 2.17. The van der Waals surface area contributed by atoms with Gasteiger partial charge in [0.15, 0.2) is 5.65 Å². The number of hydrogen-bond acceptors (Lipinski definition) is 5. The molecule has 6 heteroatoms. The number of hydrogen-bond donors (Lipinski definition) is 3. The molecule has 0 saturated heterocycles. The fourth-order valence-corrected chi connectivity index (χ4v) is 1.80. The average Bonchev–Trinajstić information content (AvgIpc) is 2.52. The normalized spacial score (nSPS) is 12.1. The van der Waals surface area contributed by atoms with Crippen molar-refractivity contribution in [3.05, 3.63) is 48.1 Å². The molecular weight excluding hydrogens is 290 g/mol. The van der Waals surface area contributed by atoms with Gasteiger partial charge in [-0.1, -0.05) is 20.8 Å². The summed E-state index contributed by atoms with van der Waals surface area (Å²) in [7, 11) is 1.69. The Morgan fingerprint density at radius 2 is 2.00 bits per heavy atom. The van der Waals surface area contributed by atoms with Crippen LogP contribution in [0.3, 0.4) is 0 Å². The van der Waals surface area contributed by atoms with Crippen LogP contribution in [0.15, 0.2) is 42.4 Å². The molecule has 2 aromatic heterocycles. The smallest absolute Gasteiger partial charge is 0.275 e. The quantitative estimate of drug-likeness (QED) is 0.757. The minimum absolute atomic E-state index is 0.277. The molecular formula is C17H21N5O. The zero-order valence-electron chi connectivity index (χ0n) is 13.8. The Bertz CT molecular complexity index is 774. The first-order chi connectivity index (χ1) is 10.8. The highest BCUT2D eigenvalue weighted by Crippen LogP contribution is 2.16. The van der Waals surface area contributed by atoms with E-state index in [0.717, 1.165) is 5.39 Å². The van der Waals surface area contributed by atoms with Crippen LogP contribution in [0.25, 0.3) is 11.0 Å². The Balaban J connectivity index is 2.21. The molecule has 0 aliphatic rings. The maximum Gasteiger partial charge on any atom is 0.275 e. The highest BCUT2D eigenvalue weighted by molar-refractivity contribution is 5.99. The predicted octanol–water partition coefficient (Wildman–Crippen LogP) is 2.49. The van der Waals surface area contributed by atoms with Crippen LogP contribution in [0.4, 0.5) is 0 Å². The third-order valence-corrected chi connectivity index (χ3v) is 3.31. The zero-order valence-corrected chi connectivity index (χ0v) is 13.8. The summed E-state index contributed by atoms with van der Waals surface area (Å²) >= 11 is 0. The molecule has 0 aliphatic carbocycles. The molecule has 0 spiro atoms. The van der Waals surface area contributed by atoms with Crippen LogP contribution in [0.1, 0.15) is 31.3 Å². The lowest BCUT2D eigenvalue weighted by molar-refractivity contribution is 0.0959. The molecule has 6 nitrogen and oxygen atoms in total. The molecule has 2 heterocycles. The predicted molar refractivity (Wildman–Crippen MR) is 91.3 cm³/mol. The van der Waals surface area contributed by atoms with Crippen molar-refractivity contribution in [3.63, 3.8) is 0 Å². The van der Waals surface area contributed by atoms with Crippen molar-refractivity contribution in [2.75, 3.05) is 7.05 Å². The molecule has 3 N–H and O–H groups in total. The third-order valence-electron chi connectivity index (χ3n) is 3.31. The number of allylic oxidation sites excluding steroid dienone is 1. The second-order valence-electron chi connectivity index (χ2n) is 6.17. The maximum absolute atomic E-state index is 12.3. The number of carbonyl (C=O) groups is 1. The van der Waals surface area contributed by atoms with Crippen molar-refractivity contribution >= 4 is 22.7 Å². The molecule has 120 valence electrons. The Labute approximate surface area is 135 Å². The summed E-state index contributed by atoms with van der Waals surface area (Å²) in [4.78, 5) is 20.7. The third kappa shape index (κ3) is 4.12. The molecule has 2 rings (SSSR count). The topological polar surface area (TPSA) is 90.8 Å². The number of fused-ring (bicyclic) bond motifs is 1. The molecule has 0 aromatic carbocycles. The summed E-state index contributed by atoms with van der Waals surface area (Å²) < 4.78 is 0. The van der Waals surface area contributed by atoms with Crippen LogP contribution < -0.4 is 10.6 Å². The first-order valence-electron chi connectivity index (χ1n) is 7.33. The fraction of sp³-hybridized carbons (Fsp3) is 0.294. The number of amides is 1. The van der Waals surface area contributed by atoms with E-state index in [-0.39, 0.29) is 17.0 Å². The summed E-state index contributed by atoms with van der Waals surface area (Å²) in [6.07, 6.45) is 3.25. The van der Waals surface area contributed by atoms with Gasteiger partial charge in [-0.3, -0.25) is 4.79 Å². The first-order valence-corrected chi connectivity index (χ1v) is 7.33. The van der Waals surface area contributed by atoms with E-state index in [9.17, 15) is 4.79 Å². The summed E-state index contributed by atoms with van der Waals surface area (Å²) in [6.45, 7) is 5.83. The van der Waals surface area contributed by atoms with Gasteiger partial charge >= 0.3 is 0 Å². The summed E-state index contributed by atoms with van der Waals surface area (Å²) in [5, 5.41) is 14.5. The van der Waals surface area contributed by atoms with Crippen molar-refractivity contribution < 1.29 is 4.79 Å². The number of carbonyl (C=O) groups excluding carboxylic acids is 1. The molecule has 0 fully saturated rings. The Kier molecular flexibility index (Phi) is 4.74. The Morgan fingerprint density at radius 3 is 2.65 bits per heavy atom. The molecule has 1 amide bonds. The highest BCUT2D eigenvalue weighted by atomic mass is 16.2. The zero-order chi connectivity index (χ0) is 17.0. The van der Waals surface area contributed by atoms with Crippen molar-refractivity contribution in [3.8, 4) is 0 Å². The molecule has 0 saturated carbocycles. The number of aromatic nitrogens is 2. The SMILES string of the molecule is CN/C(=C\C(=N)C(C)(C)C)NC(=O)c1ccc2cccnc2n1. The van der Waals surface area contributed by atoms with Gasteiger partial charge in [0.05, 0.1) is 0 Å². The van der Waals surface area contributed by atoms with E-state index in [0.29, 0.717) is 17.2 Å². The van der Waals surface area contributed by atoms with Gasteiger partial charge in [-0.2, -0.15) is 0 Å². The van der Waals surface area contributed by atoms with Gasteiger partial charge in [0.1, 0.15) is 11.5 Å². The van der Waals surface area contributed by atoms with Crippen LogP contribution in [-0.2, 0) is 0 Å². The summed E-state index contributed by atoms with van der Waals surface area (Å²) in [5.41, 5.74) is 0.922. The average molecular weight is 311 g/mol. The Hall–Kier alpha value is -2.76. The van der Waals surface area contributed by atoms with Crippen LogP contribution in [0.2, 0.25) is 0 Å². The van der Waals surface area contributed by atoms with Gasteiger partial charge in [0.2, 0.25) is 0 Å². The number of rotatable bonds is 4. The molecule has 2 aromatic rings. The molecule has 0 aliphatic heterocycles. The number of nitrogens with zero attached hydrogens (tertiary/aromatic N) is 2. The second kappa shape index (κ2) is 6.56. The van der Waals surface area contributed by atoms with Crippen molar-refractivity contribution in [1.82, 2.24) is 20.6 Å². The summed E-state index contributed by atoms with van der Waals surface area (Å²) in [6, 6.07) is 7.18. The van der Waals surface area contributed by atoms with Gasteiger partial charge in [0, 0.05) is 29.8 Å². The second-order valence-corrected chi connectivity index (χ2v) is 6.17. The van der Waals surface area contributed by atoms with Gasteiger partial charge in [-0.25, -0.2) is 9.97 Å². The van der Waals surface area contributed by atoms with Gasteiger partial charge in [-0.05, 0) is 30.3 Å². The van der Waals surface area contributed by atoms with E-state index < -0.39 is 0 Å². The van der Waals surface area contributed by atoms with E-state index in [1.54, 1.807) is 25.4 Å². The molecule has 0 bridgehead atoms. The summed E-state index contributed by atoms with van der Waals surface area (Å²) in [5.74, 6) is 0.109. The van der Waals surface area contributed by atoms with Crippen LogP contribution in [0.5, 0.6) is 0 Å². The minimum atomic E-state index is -0.347. The van der Waals surface area contributed by atoms with Crippen molar-refractivity contribution in [2.24, 2.45) is 5.41 Å². The van der Waals surface area contributed by atoms with E-state index in [2.05, 4.69) is 20.6 Å². The standard InChI is InChI=1S/C17H21N5O/c1-17(2,3)13(18)10-14(19-4)22-16(23)12-8-7-11-6-5-9-20-15(11)21-12/h5-10,18-19H,1-4H3,(H,22,23)/b14-10+,18-13?. The van der Waals surface area contributed by atoms with E-state index in [1.807, 2.05) is 39.0 Å². The van der Waals surface area contributed by atoms with E-state index in [1.165, 1.54) is 0 Å². The lowest BCUT2D eigenvalue weighted by Crippen LogP contribution is -2.32. The Morgan fingerprint density at radius 1 is 1.26 bits per heavy atom. The monoisotopic (exact) mass is 311 g/mol. The van der Waals surface area contributed by atoms with Crippen molar-refractivity contribution in [2.45, 2.75) is 20.8 Å². The van der Waals surface area contributed by atoms with E-state index in [4.69, 9.17) is 5.41 Å². The minimum Gasteiger partial charge on any atom is -0.375 e. The van der Waals surface area contributed by atoms with Gasteiger partial charge in [0.25, 0.3) is 5.91 Å². The van der Waals surface area contributed by atoms with Gasteiger partial charge in [-0.15, -0.1) is 0 Å². The van der Waals surface area contributed by atoms with Crippen molar-refractivity contribution in [1.29, 1.82) is 5.41 Å². The lowest BCUT2D eigenvalue weighted by atomic mass is 9.90. The molecule has 0 radical (unpaired) electrons. The largest absolute Gasteiger partial charge is 0.375 e. The molecule has 23 heavy (non-hydrogen) atoms. The van der Waals surface area contributed by atoms with E-state index >= 15 is 0 Å².